The van der Waals surface area contributed by atoms with Gasteiger partial charge in [0.25, 0.3) is 5.91 Å². The fourth-order valence-corrected chi connectivity index (χ4v) is 4.14. The van der Waals surface area contributed by atoms with E-state index in [0.717, 1.165) is 43.9 Å². The normalized spacial score (nSPS) is 21.0. The molecule has 0 heterocycles. The highest BCUT2D eigenvalue weighted by molar-refractivity contribution is 5.93. The van der Waals surface area contributed by atoms with Crippen LogP contribution in [0.4, 0.5) is 0 Å². The summed E-state index contributed by atoms with van der Waals surface area (Å²) in [4.78, 5) is 16.4. The highest BCUT2D eigenvalue weighted by Gasteiger charge is 2.53. The zero-order valence-corrected chi connectivity index (χ0v) is 18.0. The Hall–Kier alpha value is -2.08. The van der Waals surface area contributed by atoms with Crippen molar-refractivity contribution in [3.05, 3.63) is 35.4 Å². The first-order valence-corrected chi connectivity index (χ1v) is 10.5. The zero-order valence-electron chi connectivity index (χ0n) is 18.0. The molecule has 1 amide bonds. The third kappa shape index (κ3) is 4.85. The minimum Gasteiger partial charge on any atom is -0.378 e. The van der Waals surface area contributed by atoms with Gasteiger partial charge in [0.05, 0.1) is 12.6 Å². The molecule has 28 heavy (non-hydrogen) atoms. The predicted octanol–water partition coefficient (Wildman–Crippen LogP) is 3.09. The molecule has 0 radical (unpaired) electrons. The number of guanidine groups is 1. The van der Waals surface area contributed by atoms with Gasteiger partial charge in [-0.25, -0.2) is 4.99 Å². The number of nitrogens with zero attached hydrogens (tertiary/aromatic N) is 1. The van der Waals surface area contributed by atoms with Crippen molar-refractivity contribution in [2.75, 3.05) is 20.2 Å². The molecule has 2 atom stereocenters. The van der Waals surface area contributed by atoms with E-state index < -0.39 is 0 Å². The average Bonchev–Trinajstić information content (AvgIpc) is 2.72. The molecule has 1 saturated carbocycles. The van der Waals surface area contributed by atoms with E-state index in [0.29, 0.717) is 24.3 Å². The highest BCUT2D eigenvalue weighted by Crippen LogP contribution is 2.48. The second-order valence-corrected chi connectivity index (χ2v) is 7.29. The van der Waals surface area contributed by atoms with Crippen LogP contribution in [0.5, 0.6) is 0 Å². The van der Waals surface area contributed by atoms with Crippen LogP contribution in [0.3, 0.4) is 0 Å². The first kappa shape index (κ1) is 22.2. The number of hydrogen-bond donors (Lipinski definition) is 3. The number of carbonyl (C=O) groups is 1. The van der Waals surface area contributed by atoms with Gasteiger partial charge < -0.3 is 20.7 Å². The van der Waals surface area contributed by atoms with Crippen LogP contribution >= 0.6 is 0 Å². The van der Waals surface area contributed by atoms with E-state index in [1.54, 1.807) is 7.05 Å². The van der Waals surface area contributed by atoms with Gasteiger partial charge >= 0.3 is 0 Å². The summed E-state index contributed by atoms with van der Waals surface area (Å²) in [5.41, 5.74) is 1.90. The molecule has 1 aliphatic carbocycles. The smallest absolute Gasteiger partial charge is 0.251 e. The van der Waals surface area contributed by atoms with Crippen molar-refractivity contribution in [1.29, 1.82) is 0 Å². The fourth-order valence-electron chi connectivity index (χ4n) is 4.14. The van der Waals surface area contributed by atoms with Crippen molar-refractivity contribution in [2.24, 2.45) is 10.4 Å². The summed E-state index contributed by atoms with van der Waals surface area (Å²) in [6, 6.07) is 7.94. The van der Waals surface area contributed by atoms with Crippen LogP contribution in [-0.4, -0.2) is 44.2 Å². The lowest BCUT2D eigenvalue weighted by molar-refractivity contribution is -0.133. The van der Waals surface area contributed by atoms with Gasteiger partial charge in [0.2, 0.25) is 0 Å². The Kier molecular flexibility index (Phi) is 8.30. The van der Waals surface area contributed by atoms with Crippen molar-refractivity contribution in [2.45, 2.75) is 65.6 Å². The number of benzene rings is 1. The van der Waals surface area contributed by atoms with Crippen LogP contribution in [0.1, 0.15) is 62.9 Å². The zero-order chi connectivity index (χ0) is 20.6. The van der Waals surface area contributed by atoms with Crippen LogP contribution in [0.25, 0.3) is 0 Å². The molecule has 0 saturated heterocycles. The Labute approximate surface area is 169 Å². The number of amides is 1. The molecule has 1 aromatic rings. The van der Waals surface area contributed by atoms with E-state index in [1.807, 2.05) is 24.3 Å². The standard InChI is InChI=1S/C22H36N4O2/c1-6-22(7-2)18(14-19(22)28-9-4)26-21(24-8-3)25-15-16-10-12-17(13-11-16)20(27)23-5/h10-13,18-19H,6-9,14-15H2,1-5H3,(H,23,27)(H2,24,25,26). The molecule has 2 rings (SSSR count). The van der Waals surface area contributed by atoms with Crippen molar-refractivity contribution < 1.29 is 9.53 Å². The van der Waals surface area contributed by atoms with Gasteiger partial charge in [0.15, 0.2) is 5.96 Å². The molecule has 1 aromatic carbocycles. The number of carbonyl (C=O) groups excluding carboxylic acids is 1. The minimum atomic E-state index is -0.0747. The SMILES string of the molecule is CCNC(=NCc1ccc(C(=O)NC)cc1)NC1CC(OCC)C1(CC)CC. The summed E-state index contributed by atoms with van der Waals surface area (Å²) in [6.45, 7) is 10.8. The minimum absolute atomic E-state index is 0.0747. The topological polar surface area (TPSA) is 74.8 Å². The maximum Gasteiger partial charge on any atom is 0.251 e. The average molecular weight is 389 g/mol. The maximum atomic E-state index is 11.7. The molecule has 2 unspecified atom stereocenters. The van der Waals surface area contributed by atoms with Gasteiger partial charge in [0.1, 0.15) is 0 Å². The molecule has 3 N–H and O–H groups in total. The largest absolute Gasteiger partial charge is 0.378 e. The van der Waals surface area contributed by atoms with E-state index >= 15 is 0 Å². The molecular formula is C22H36N4O2. The summed E-state index contributed by atoms with van der Waals surface area (Å²) < 4.78 is 5.98. The van der Waals surface area contributed by atoms with E-state index in [4.69, 9.17) is 9.73 Å². The molecule has 0 bridgehead atoms. The van der Waals surface area contributed by atoms with Crippen LogP contribution in [0.2, 0.25) is 0 Å². The maximum absolute atomic E-state index is 11.7. The number of nitrogens with one attached hydrogen (secondary N) is 3. The third-order valence-corrected chi connectivity index (χ3v) is 5.99. The number of rotatable bonds is 9. The Morgan fingerprint density at radius 1 is 1.18 bits per heavy atom. The molecule has 0 aliphatic heterocycles. The van der Waals surface area contributed by atoms with Crippen molar-refractivity contribution >= 4 is 11.9 Å². The van der Waals surface area contributed by atoms with E-state index in [1.165, 1.54) is 0 Å². The van der Waals surface area contributed by atoms with Gasteiger partial charge in [-0.3, -0.25) is 4.79 Å². The van der Waals surface area contributed by atoms with Crippen molar-refractivity contribution in [3.63, 3.8) is 0 Å². The molecule has 156 valence electrons. The Morgan fingerprint density at radius 2 is 1.86 bits per heavy atom. The van der Waals surface area contributed by atoms with E-state index in [9.17, 15) is 4.79 Å². The second-order valence-electron chi connectivity index (χ2n) is 7.29. The molecule has 6 heteroatoms. The fraction of sp³-hybridized carbons (Fsp3) is 0.636. The lowest BCUT2D eigenvalue weighted by atomic mass is 9.58. The van der Waals surface area contributed by atoms with Crippen LogP contribution < -0.4 is 16.0 Å². The summed E-state index contributed by atoms with van der Waals surface area (Å²) in [6.07, 6.45) is 3.52. The number of aliphatic imine (C=N–C) groups is 1. The van der Waals surface area contributed by atoms with Crippen LogP contribution in [0, 0.1) is 5.41 Å². The quantitative estimate of drug-likeness (QED) is 0.449. The Bertz CT molecular complexity index is 653. The lowest BCUT2D eigenvalue weighted by Gasteiger charge is -2.55. The molecule has 0 aromatic heterocycles. The van der Waals surface area contributed by atoms with Gasteiger partial charge in [-0.05, 0) is 50.8 Å². The van der Waals surface area contributed by atoms with Crippen molar-refractivity contribution in [3.8, 4) is 0 Å². The third-order valence-electron chi connectivity index (χ3n) is 5.99. The van der Waals surface area contributed by atoms with E-state index in [-0.39, 0.29) is 11.3 Å². The summed E-state index contributed by atoms with van der Waals surface area (Å²) in [5.74, 6) is 0.762. The monoisotopic (exact) mass is 388 g/mol. The van der Waals surface area contributed by atoms with Gasteiger partial charge in [-0.1, -0.05) is 26.0 Å². The summed E-state index contributed by atoms with van der Waals surface area (Å²) >= 11 is 0. The molecule has 0 spiro atoms. The first-order chi connectivity index (χ1) is 13.5. The summed E-state index contributed by atoms with van der Waals surface area (Å²) in [5, 5.41) is 9.63. The second kappa shape index (κ2) is 10.5. The van der Waals surface area contributed by atoms with Crippen LogP contribution in [0.15, 0.2) is 29.3 Å². The number of ether oxygens (including phenoxy) is 1. The van der Waals surface area contributed by atoms with E-state index in [2.05, 4.69) is 43.6 Å². The van der Waals surface area contributed by atoms with Gasteiger partial charge in [-0.2, -0.15) is 0 Å². The Balaban J connectivity index is 2.05. The molecule has 1 fully saturated rings. The Morgan fingerprint density at radius 3 is 2.39 bits per heavy atom. The molecule has 6 nitrogen and oxygen atoms in total. The first-order valence-electron chi connectivity index (χ1n) is 10.5. The summed E-state index contributed by atoms with van der Waals surface area (Å²) in [7, 11) is 1.64. The van der Waals surface area contributed by atoms with Gasteiger partial charge in [0, 0.05) is 37.2 Å². The molecular weight excluding hydrogens is 352 g/mol. The lowest BCUT2D eigenvalue weighted by Crippen LogP contribution is -2.65. The van der Waals surface area contributed by atoms with Crippen LogP contribution in [-0.2, 0) is 11.3 Å². The van der Waals surface area contributed by atoms with Gasteiger partial charge in [-0.15, -0.1) is 0 Å². The highest BCUT2D eigenvalue weighted by atomic mass is 16.5. The number of hydrogen-bond acceptors (Lipinski definition) is 3. The van der Waals surface area contributed by atoms with Crippen molar-refractivity contribution in [1.82, 2.24) is 16.0 Å². The predicted molar refractivity (Wildman–Crippen MR) is 115 cm³/mol. The molecule has 1 aliphatic rings.